The van der Waals surface area contributed by atoms with Crippen molar-refractivity contribution in [2.24, 2.45) is 0 Å². The highest BCUT2D eigenvalue weighted by molar-refractivity contribution is 6.31. The lowest BCUT2D eigenvalue weighted by molar-refractivity contribution is -0.124. The molecular formula is C28H28N2O7. The van der Waals surface area contributed by atoms with E-state index in [1.165, 1.54) is 34.7 Å². The number of nitrogens with one attached hydrogen (secondary N) is 2. The second-order valence-electron chi connectivity index (χ2n) is 9.39. The van der Waals surface area contributed by atoms with Gasteiger partial charge >= 0.3 is 0 Å². The van der Waals surface area contributed by atoms with Crippen molar-refractivity contribution in [3.05, 3.63) is 75.7 Å². The second kappa shape index (κ2) is 9.24. The maximum Gasteiger partial charge on any atom is 0.242 e. The molecule has 0 unspecified atom stereocenters. The van der Waals surface area contributed by atoms with E-state index in [0.717, 1.165) is 11.6 Å². The molecule has 0 bridgehead atoms. The molecule has 1 aliphatic heterocycles. The number of ether oxygens (including phenoxy) is 1. The molecule has 1 heterocycles. The quantitative estimate of drug-likeness (QED) is 0.267. The Balaban J connectivity index is 1.82. The lowest BCUT2D eigenvalue weighted by Crippen LogP contribution is -2.46. The van der Waals surface area contributed by atoms with Crippen LogP contribution in [0.3, 0.4) is 0 Å². The lowest BCUT2D eigenvalue weighted by atomic mass is 9.70. The third-order valence-corrected chi connectivity index (χ3v) is 7.00. The van der Waals surface area contributed by atoms with E-state index in [1.807, 2.05) is 30.3 Å². The van der Waals surface area contributed by atoms with Crippen LogP contribution in [0.5, 0.6) is 17.2 Å². The Labute approximate surface area is 213 Å². The summed E-state index contributed by atoms with van der Waals surface area (Å²) in [6.07, 6.45) is 1.45. The zero-order valence-electron chi connectivity index (χ0n) is 21.2. The van der Waals surface area contributed by atoms with Crippen LogP contribution in [0.2, 0.25) is 0 Å². The van der Waals surface area contributed by atoms with E-state index in [0.29, 0.717) is 6.42 Å². The zero-order valence-corrected chi connectivity index (χ0v) is 21.2. The minimum atomic E-state index is -1.63. The summed E-state index contributed by atoms with van der Waals surface area (Å²) in [5, 5.41) is 27.1. The van der Waals surface area contributed by atoms with Crippen molar-refractivity contribution in [2.45, 2.75) is 45.6 Å². The maximum absolute atomic E-state index is 14.0. The first-order valence-corrected chi connectivity index (χ1v) is 11.7. The summed E-state index contributed by atoms with van der Waals surface area (Å²) in [5.74, 6) is -3.21. The van der Waals surface area contributed by atoms with Crippen molar-refractivity contribution < 1.29 is 34.1 Å². The summed E-state index contributed by atoms with van der Waals surface area (Å²) in [4.78, 5) is 52.1. The van der Waals surface area contributed by atoms with E-state index in [1.54, 1.807) is 0 Å². The van der Waals surface area contributed by atoms with Gasteiger partial charge in [0.05, 0.1) is 11.1 Å². The molecule has 0 fully saturated rings. The number of Topliss-reactive ketones (excluding diaryl/α,β-unsaturated/α-hetero) is 2. The van der Waals surface area contributed by atoms with Crippen molar-refractivity contribution in [1.29, 1.82) is 0 Å². The van der Waals surface area contributed by atoms with Gasteiger partial charge in [-0.15, -0.1) is 0 Å². The third-order valence-electron chi connectivity index (χ3n) is 7.00. The van der Waals surface area contributed by atoms with Gasteiger partial charge in [-0.2, -0.15) is 0 Å². The Bertz CT molecular complexity index is 1420. The van der Waals surface area contributed by atoms with Crippen molar-refractivity contribution in [3.63, 3.8) is 0 Å². The Hall–Kier alpha value is -4.40. The fourth-order valence-electron chi connectivity index (χ4n) is 4.93. The zero-order chi connectivity index (χ0) is 27.2. The summed E-state index contributed by atoms with van der Waals surface area (Å²) in [7, 11) is 1.50. The molecule has 4 N–H and O–H groups in total. The number of rotatable bonds is 6. The molecule has 0 saturated heterocycles. The summed E-state index contributed by atoms with van der Waals surface area (Å²) >= 11 is 0. The average Bonchev–Trinajstić information content (AvgIpc) is 3.15. The molecule has 9 heteroatoms. The van der Waals surface area contributed by atoms with Gasteiger partial charge in [0.2, 0.25) is 5.91 Å². The summed E-state index contributed by atoms with van der Waals surface area (Å²) < 4.78 is 5.78. The monoisotopic (exact) mass is 504 g/mol. The van der Waals surface area contributed by atoms with Crippen LogP contribution in [0.15, 0.2) is 53.4 Å². The predicted octanol–water partition coefficient (Wildman–Crippen LogP) is 2.52. The molecule has 2 atom stereocenters. The van der Waals surface area contributed by atoms with Crippen molar-refractivity contribution >= 4 is 23.3 Å². The van der Waals surface area contributed by atoms with Gasteiger partial charge in [-0.05, 0) is 33.3 Å². The van der Waals surface area contributed by atoms with Crippen LogP contribution >= 0.6 is 0 Å². The molecule has 0 spiro atoms. The Kier molecular flexibility index (Phi) is 6.41. The third kappa shape index (κ3) is 3.96. The van der Waals surface area contributed by atoms with Gasteiger partial charge in [-0.25, -0.2) is 0 Å². The highest BCUT2D eigenvalue weighted by Crippen LogP contribution is 2.57. The molecule has 2 aromatic carbocycles. The number of fused-ring (bicyclic) bond motifs is 3. The highest BCUT2D eigenvalue weighted by atomic mass is 16.5. The Morgan fingerprint density at radius 1 is 1.08 bits per heavy atom. The Morgan fingerprint density at radius 2 is 1.73 bits per heavy atom. The largest absolute Gasteiger partial charge is 0.507 e. The van der Waals surface area contributed by atoms with Gasteiger partial charge in [-0.1, -0.05) is 30.3 Å². The number of carbonyl (C=O) groups excluding carboxylic acids is 4. The van der Waals surface area contributed by atoms with Gasteiger partial charge in [0.1, 0.15) is 40.0 Å². The van der Waals surface area contributed by atoms with E-state index >= 15 is 0 Å². The van der Waals surface area contributed by atoms with Gasteiger partial charge in [0, 0.05) is 30.8 Å². The molecule has 0 saturated carbocycles. The number of hydrogen-bond acceptors (Lipinski definition) is 8. The first-order valence-electron chi connectivity index (χ1n) is 11.7. The van der Waals surface area contributed by atoms with Crippen molar-refractivity contribution in [3.8, 4) is 17.2 Å². The normalized spacial score (nSPS) is 20.3. The number of phenolic OH excluding ortho intramolecular Hbond substituents is 2. The SMILES string of the molecule is CNC(=O)[C@H](Cc1ccccc1)N/C(C)=C1\C(=O)C=C2Oc3c(C(C)=O)c(O)c(C)c(O)c3[C@@]2(C)C1=O. The molecular weight excluding hydrogens is 476 g/mol. The van der Waals surface area contributed by atoms with E-state index in [4.69, 9.17) is 4.74 Å². The summed E-state index contributed by atoms with van der Waals surface area (Å²) in [5.41, 5.74) is -0.907. The van der Waals surface area contributed by atoms with Crippen molar-refractivity contribution in [2.75, 3.05) is 7.05 Å². The van der Waals surface area contributed by atoms with E-state index in [9.17, 15) is 29.4 Å². The molecule has 2 aromatic rings. The number of hydrogen-bond donors (Lipinski definition) is 4. The number of phenols is 2. The lowest BCUT2D eigenvalue weighted by Gasteiger charge is -2.29. The Morgan fingerprint density at radius 3 is 2.32 bits per heavy atom. The van der Waals surface area contributed by atoms with E-state index in [-0.39, 0.29) is 45.4 Å². The molecule has 1 amide bonds. The van der Waals surface area contributed by atoms with Gasteiger partial charge in [0.25, 0.3) is 0 Å². The predicted molar refractivity (Wildman–Crippen MR) is 134 cm³/mol. The van der Waals surface area contributed by atoms with E-state index < -0.39 is 40.3 Å². The number of likely N-dealkylation sites (N-methyl/N-ethyl adjacent to an activating group) is 1. The number of ketones is 3. The minimum absolute atomic E-state index is 0.00851. The van der Waals surface area contributed by atoms with Crippen LogP contribution in [0, 0.1) is 6.92 Å². The highest BCUT2D eigenvalue weighted by Gasteiger charge is 2.56. The molecule has 192 valence electrons. The van der Waals surface area contributed by atoms with Crippen LogP contribution in [0.25, 0.3) is 0 Å². The fourth-order valence-corrected chi connectivity index (χ4v) is 4.93. The number of amides is 1. The second-order valence-corrected chi connectivity index (χ2v) is 9.39. The topological polar surface area (TPSA) is 142 Å². The molecule has 37 heavy (non-hydrogen) atoms. The van der Waals surface area contributed by atoms with Crippen LogP contribution in [0.4, 0.5) is 0 Å². The van der Waals surface area contributed by atoms with Crippen LogP contribution < -0.4 is 15.4 Å². The van der Waals surface area contributed by atoms with Crippen LogP contribution in [-0.4, -0.2) is 46.6 Å². The fraction of sp³-hybridized carbons (Fsp3) is 0.286. The number of aromatic hydroxyl groups is 2. The first kappa shape index (κ1) is 25.7. The molecule has 2 aliphatic rings. The summed E-state index contributed by atoms with van der Waals surface area (Å²) in [6, 6.07) is 8.52. The molecule has 9 nitrogen and oxygen atoms in total. The molecule has 0 radical (unpaired) electrons. The van der Waals surface area contributed by atoms with Gasteiger partial charge in [-0.3, -0.25) is 19.2 Å². The number of benzene rings is 2. The summed E-state index contributed by atoms with van der Waals surface area (Å²) in [6.45, 7) is 5.68. The van der Waals surface area contributed by atoms with Crippen molar-refractivity contribution in [1.82, 2.24) is 10.6 Å². The first-order chi connectivity index (χ1) is 17.4. The number of allylic oxidation sites excluding steroid dienone is 4. The maximum atomic E-state index is 14.0. The van der Waals surface area contributed by atoms with Crippen LogP contribution in [-0.2, 0) is 26.2 Å². The van der Waals surface area contributed by atoms with E-state index in [2.05, 4.69) is 10.6 Å². The van der Waals surface area contributed by atoms with Gasteiger partial charge in [0.15, 0.2) is 17.3 Å². The van der Waals surface area contributed by atoms with Crippen LogP contribution in [0.1, 0.15) is 47.8 Å². The minimum Gasteiger partial charge on any atom is -0.507 e. The standard InChI is InChI=1S/C28H28N2O7/c1-13-23(33)21(15(3)31)25-22(24(13)34)28(4)19(37-25)12-18(32)20(26(28)35)14(2)30-17(27(36)29-5)11-16-9-7-6-8-10-16/h6-10,12,17,30,33-34H,11H2,1-5H3,(H,29,36)/b20-14+/t17-,28-/m0/s1. The smallest absolute Gasteiger partial charge is 0.242 e. The van der Waals surface area contributed by atoms with Gasteiger partial charge < -0.3 is 25.6 Å². The molecule has 4 rings (SSSR count). The molecule has 1 aliphatic carbocycles. The average molecular weight is 505 g/mol. The number of carbonyl (C=O) groups is 4. The molecule has 0 aromatic heterocycles.